The molecule has 0 saturated carbocycles. The summed E-state index contributed by atoms with van der Waals surface area (Å²) in [6.07, 6.45) is 0. The Bertz CT molecular complexity index is 8.00. The van der Waals surface area contributed by atoms with E-state index < -0.39 is 0 Å². The van der Waals surface area contributed by atoms with Crippen molar-refractivity contribution in [2.45, 2.75) is 0 Å². The first kappa shape index (κ1) is 28.4. The van der Waals surface area contributed by atoms with Crippen LogP contribution in [0, 0.1) is 0 Å². The third-order valence-corrected chi connectivity index (χ3v) is 0. The van der Waals surface area contributed by atoms with Crippen molar-refractivity contribution in [3.63, 3.8) is 0 Å². The molecular formula is H5AsCdCuPb. The molecule has 27 valence electrons. The molecule has 3 radical (unpaired) electrons. The molecule has 1 atom stereocenters. The summed E-state index contributed by atoms with van der Waals surface area (Å²) in [5.74, 6) is 0. The summed E-state index contributed by atoms with van der Waals surface area (Å²) >= 11 is 0. The van der Waals surface area contributed by atoms with Crippen molar-refractivity contribution in [2.75, 3.05) is 0 Å². The van der Waals surface area contributed by atoms with E-state index in [0.29, 0.717) is 0 Å². The summed E-state index contributed by atoms with van der Waals surface area (Å²) in [5, 5.41) is 0. The summed E-state index contributed by atoms with van der Waals surface area (Å²) < 4.78 is 0. The van der Waals surface area contributed by atoms with Crippen LogP contribution in [0.3, 0.4) is 0 Å². The quantitative estimate of drug-likeness (QED) is 0.362. The first-order chi connectivity index (χ1) is 0. The minimum absolute atomic E-state index is 0. The van der Waals surface area contributed by atoms with Crippen LogP contribution in [0.4, 0.5) is 0 Å². The van der Waals surface area contributed by atoms with Crippen LogP contribution >= 0.6 is 0 Å². The van der Waals surface area contributed by atoms with Crippen LogP contribution in [0.5, 0.6) is 0 Å². The van der Waals surface area contributed by atoms with Gasteiger partial charge in [0.2, 0.25) is 0 Å². The van der Waals surface area contributed by atoms with Crippen molar-refractivity contribution in [3.8, 4) is 0 Å². The van der Waals surface area contributed by atoms with Crippen LogP contribution in [-0.2, 0) is 44.4 Å². The van der Waals surface area contributed by atoms with E-state index >= 15 is 0 Å². The second-order valence-corrected chi connectivity index (χ2v) is 0. The third kappa shape index (κ3) is 8.87. The molecule has 4 heteroatoms. The maximum atomic E-state index is 0. The van der Waals surface area contributed by atoms with E-state index in [1.807, 2.05) is 0 Å². The van der Waals surface area contributed by atoms with Gasteiger partial charge in [0.25, 0.3) is 0 Å². The van der Waals surface area contributed by atoms with Gasteiger partial charge in [-0.25, -0.2) is 0 Å². The Morgan fingerprint density at radius 1 is 1.00 bits per heavy atom. The van der Waals surface area contributed by atoms with Gasteiger partial charge in [-0.2, -0.15) is 0 Å². The fraction of sp³-hybridized carbons (Fsp3) is 0. The van der Waals surface area contributed by atoms with E-state index in [9.17, 15) is 0 Å². The summed E-state index contributed by atoms with van der Waals surface area (Å²) in [6.45, 7) is 0. The van der Waals surface area contributed by atoms with Crippen LogP contribution in [-0.4, -0.2) is 45.3 Å². The van der Waals surface area contributed by atoms with Crippen LogP contribution in [0.25, 0.3) is 0 Å². The van der Waals surface area contributed by atoms with Gasteiger partial charge in [-0.1, -0.05) is 0 Å². The van der Waals surface area contributed by atoms with Crippen LogP contribution in [0.15, 0.2) is 0 Å². The van der Waals surface area contributed by atoms with Gasteiger partial charge in [0, 0.05) is 44.4 Å². The van der Waals surface area contributed by atoms with E-state index in [4.69, 9.17) is 0 Å². The molecule has 0 heterocycles. The number of hydrogen-bond acceptors (Lipinski definition) is 0. The average molecular weight is 463 g/mol. The van der Waals surface area contributed by atoms with Crippen LogP contribution in [0.1, 0.15) is 0 Å². The molecule has 0 bridgehead atoms. The fourth-order valence-corrected chi connectivity index (χ4v) is 0. The van der Waals surface area contributed by atoms with Gasteiger partial charge < -0.3 is 0 Å². The number of rotatable bonds is 0. The molecule has 0 amide bonds. The second kappa shape index (κ2) is 16.8. The minimum atomic E-state index is 0. The zero-order valence-electron chi connectivity index (χ0n) is 2.42. The molecule has 1 unspecified atom stereocenters. The van der Waals surface area contributed by atoms with Gasteiger partial charge in [0.05, 0.1) is 0 Å². The fourth-order valence-electron chi connectivity index (χ4n) is 0. The molecule has 0 aliphatic carbocycles. The molecule has 0 aliphatic heterocycles. The molecule has 0 aliphatic rings. The van der Waals surface area contributed by atoms with Gasteiger partial charge in [0.15, 0.2) is 0 Å². The van der Waals surface area contributed by atoms with Crippen molar-refractivity contribution in [1.29, 1.82) is 0 Å². The predicted octanol–water partition coefficient (Wildman–Crippen LogP) is -2.11. The molecule has 0 aromatic carbocycles. The van der Waals surface area contributed by atoms with E-state index in [0.717, 1.165) is 0 Å². The Hall–Kier alpha value is 2.92. The van der Waals surface area contributed by atoms with E-state index in [1.165, 1.54) is 0 Å². The van der Waals surface area contributed by atoms with E-state index in [2.05, 4.69) is 0 Å². The topological polar surface area (TPSA) is 0 Å². The second-order valence-electron chi connectivity index (χ2n) is 0. The number of hydrogen-bond donors (Lipinski definition) is 0. The van der Waals surface area contributed by atoms with Crippen molar-refractivity contribution in [1.82, 2.24) is 0 Å². The van der Waals surface area contributed by atoms with E-state index in [1.54, 1.807) is 0 Å². The molecule has 0 rings (SSSR count). The van der Waals surface area contributed by atoms with Crippen molar-refractivity contribution in [3.05, 3.63) is 0 Å². The monoisotopic (exact) mass is 465 g/mol. The normalized spacial score (nSPS) is 0. The van der Waals surface area contributed by atoms with Crippen molar-refractivity contribution < 1.29 is 44.4 Å². The molecule has 0 fully saturated rings. The third-order valence-electron chi connectivity index (χ3n) is 0. The average Bonchev–Trinajstić information content (AvgIpc) is 0. The standard InChI is InChI=1S/AsH3.Cd.Cu.Pb.2H/h1H3;;;;;. The van der Waals surface area contributed by atoms with Crippen molar-refractivity contribution in [2.24, 2.45) is 0 Å². The summed E-state index contributed by atoms with van der Waals surface area (Å²) in [6, 6.07) is 0. The SMILES string of the molecule is [AsH3].[Cd].[Cu].[PbH2]. The van der Waals surface area contributed by atoms with Gasteiger partial charge in [0.1, 0.15) is 0 Å². The summed E-state index contributed by atoms with van der Waals surface area (Å²) in [7, 11) is 0. The molecule has 0 aromatic rings. The Labute approximate surface area is 88.0 Å². The van der Waals surface area contributed by atoms with E-state index in [-0.39, 0.29) is 89.6 Å². The van der Waals surface area contributed by atoms with Gasteiger partial charge in [-0.3, -0.25) is 0 Å². The Morgan fingerprint density at radius 2 is 1.00 bits per heavy atom. The predicted molar refractivity (Wildman–Crippen MR) is 18.5 cm³/mol. The maximum absolute atomic E-state index is 0. The van der Waals surface area contributed by atoms with Crippen LogP contribution in [0.2, 0.25) is 0 Å². The zero-order valence-corrected chi connectivity index (χ0v) is 15.9. The first-order valence-electron chi connectivity index (χ1n) is 0. The van der Waals surface area contributed by atoms with Crippen LogP contribution < -0.4 is 0 Å². The Morgan fingerprint density at radius 3 is 1.00 bits per heavy atom. The molecule has 0 N–H and O–H groups in total. The first-order valence-corrected chi connectivity index (χ1v) is 0. The molecule has 0 saturated heterocycles. The van der Waals surface area contributed by atoms with Gasteiger partial charge in [-0.05, 0) is 0 Å². The molecule has 0 nitrogen and oxygen atoms in total. The molecule has 0 aromatic heterocycles. The molecule has 4 heavy (non-hydrogen) atoms. The molecular weight excluding hydrogens is 458 g/mol. The zero-order chi connectivity index (χ0) is 0. The summed E-state index contributed by atoms with van der Waals surface area (Å²) in [5.41, 5.74) is 0. The molecule has 0 spiro atoms. The summed E-state index contributed by atoms with van der Waals surface area (Å²) in [4.78, 5) is 0. The van der Waals surface area contributed by atoms with Crippen molar-refractivity contribution >= 4 is 45.3 Å². The van der Waals surface area contributed by atoms with Gasteiger partial charge >= 0.3 is 45.3 Å². The Kier molecular flexibility index (Phi) is 119. The van der Waals surface area contributed by atoms with Gasteiger partial charge in [-0.15, -0.1) is 0 Å². The Balaban J connectivity index is 0.